The summed E-state index contributed by atoms with van der Waals surface area (Å²) in [7, 11) is -2.23. The minimum Gasteiger partial charge on any atom is -0.371 e. The van der Waals surface area contributed by atoms with Crippen molar-refractivity contribution in [1.29, 1.82) is 0 Å². The Morgan fingerprint density at radius 1 is 0.886 bits per heavy atom. The van der Waals surface area contributed by atoms with E-state index in [1.807, 2.05) is 65.8 Å². The van der Waals surface area contributed by atoms with Gasteiger partial charge in [0, 0.05) is 56.7 Å². The number of amides is 1. The van der Waals surface area contributed by atoms with Gasteiger partial charge in [-0.15, -0.1) is 0 Å². The van der Waals surface area contributed by atoms with Crippen molar-refractivity contribution in [2.24, 2.45) is 5.41 Å². The SMILES string of the molecule is CN(Cc1nc2c(C(=O)N3CCC4(CC3)CCN(c3ccncc3)CC4)cccc2[nH]1)S(=O)(=O)c1cccc2ccccc12. The average Bonchev–Trinajstić information content (AvgIpc) is 3.48. The third kappa shape index (κ3) is 5.22. The second-order valence-corrected chi connectivity index (χ2v) is 14.1. The number of H-pyrrole nitrogens is 1. The zero-order valence-corrected chi connectivity index (χ0v) is 25.6. The van der Waals surface area contributed by atoms with Gasteiger partial charge in [0.25, 0.3) is 5.91 Å². The molecule has 4 heterocycles. The van der Waals surface area contributed by atoms with Gasteiger partial charge in [-0.1, -0.05) is 42.5 Å². The van der Waals surface area contributed by atoms with Crippen molar-refractivity contribution in [3.05, 3.63) is 96.6 Å². The predicted molar refractivity (Wildman–Crippen MR) is 172 cm³/mol. The van der Waals surface area contributed by atoms with Gasteiger partial charge in [0.05, 0.1) is 22.5 Å². The number of sulfonamides is 1. The monoisotopic (exact) mass is 608 g/mol. The van der Waals surface area contributed by atoms with Crippen LogP contribution in [0.4, 0.5) is 5.69 Å². The molecule has 1 N–H and O–H groups in total. The standard InChI is InChI=1S/C34H36N6O3S/c1-38(44(42,43)30-11-4-7-25-6-2-3-8-27(25)30)24-31-36-29-10-5-9-28(32(29)37-31)33(41)40-22-16-34(17-23-40)14-20-39(21-15-34)26-12-18-35-19-13-26/h2-13,18-19H,14-17,20-24H2,1H3,(H,36,37). The number of hydrogen-bond acceptors (Lipinski definition) is 6. The lowest BCUT2D eigenvalue weighted by Crippen LogP contribution is -2.48. The van der Waals surface area contributed by atoms with Gasteiger partial charge in [0.15, 0.2) is 0 Å². The number of anilines is 1. The Balaban J connectivity index is 1.04. The highest BCUT2D eigenvalue weighted by Gasteiger charge is 2.39. The van der Waals surface area contributed by atoms with Gasteiger partial charge in [-0.25, -0.2) is 13.4 Å². The van der Waals surface area contributed by atoms with Crippen LogP contribution in [0.5, 0.6) is 0 Å². The van der Waals surface area contributed by atoms with Crippen molar-refractivity contribution in [1.82, 2.24) is 24.2 Å². The summed E-state index contributed by atoms with van der Waals surface area (Å²) in [6.07, 6.45) is 7.96. The van der Waals surface area contributed by atoms with E-state index in [2.05, 4.69) is 27.0 Å². The summed E-state index contributed by atoms with van der Waals surface area (Å²) in [6, 6.07) is 22.5. The van der Waals surface area contributed by atoms with Crippen LogP contribution in [0, 0.1) is 5.41 Å². The lowest BCUT2D eigenvalue weighted by Gasteiger charge is -2.47. The van der Waals surface area contributed by atoms with Crippen LogP contribution in [0.2, 0.25) is 0 Å². The smallest absolute Gasteiger partial charge is 0.256 e. The molecule has 0 unspecified atom stereocenters. The van der Waals surface area contributed by atoms with E-state index >= 15 is 0 Å². The first-order valence-corrected chi connectivity index (χ1v) is 16.6. The summed E-state index contributed by atoms with van der Waals surface area (Å²) in [5.41, 5.74) is 3.36. The Morgan fingerprint density at radius 2 is 1.57 bits per heavy atom. The van der Waals surface area contributed by atoms with Gasteiger partial charge in [-0.3, -0.25) is 9.78 Å². The number of aromatic nitrogens is 3. The lowest BCUT2D eigenvalue weighted by molar-refractivity contribution is 0.0516. The number of carbonyl (C=O) groups is 1. The molecular formula is C34H36N6O3S. The van der Waals surface area contributed by atoms with E-state index < -0.39 is 10.0 Å². The second kappa shape index (κ2) is 11.3. The third-order valence-corrected chi connectivity index (χ3v) is 11.4. The molecule has 0 bridgehead atoms. The number of fused-ring (bicyclic) bond motifs is 2. The number of nitrogens with zero attached hydrogens (tertiary/aromatic N) is 5. The van der Waals surface area contributed by atoms with Crippen LogP contribution in [0.15, 0.2) is 90.1 Å². The molecule has 2 aliphatic rings. The highest BCUT2D eigenvalue weighted by Crippen LogP contribution is 2.42. The van der Waals surface area contributed by atoms with Crippen LogP contribution in [0.25, 0.3) is 21.8 Å². The number of rotatable bonds is 6. The van der Waals surface area contributed by atoms with E-state index in [-0.39, 0.29) is 22.8 Å². The zero-order valence-electron chi connectivity index (χ0n) is 24.8. The molecule has 0 radical (unpaired) electrons. The topological polar surface area (TPSA) is 102 Å². The fourth-order valence-electron chi connectivity index (χ4n) is 6.86. The minimum absolute atomic E-state index is 0.0190. The number of benzene rings is 3. The molecule has 0 atom stereocenters. The van der Waals surface area contributed by atoms with E-state index in [4.69, 9.17) is 4.98 Å². The average molecular weight is 609 g/mol. The Hall–Kier alpha value is -4.28. The van der Waals surface area contributed by atoms with Gasteiger partial charge in [0.1, 0.15) is 11.3 Å². The van der Waals surface area contributed by atoms with E-state index in [1.165, 1.54) is 9.99 Å². The van der Waals surface area contributed by atoms with E-state index in [9.17, 15) is 13.2 Å². The number of likely N-dealkylation sites (tertiary alicyclic amines) is 1. The van der Waals surface area contributed by atoms with Crippen LogP contribution in [-0.4, -0.2) is 71.7 Å². The molecule has 3 aromatic carbocycles. The number of carbonyl (C=O) groups excluding carboxylic acids is 1. The van der Waals surface area contributed by atoms with Crippen molar-refractivity contribution in [2.75, 3.05) is 38.1 Å². The molecule has 0 aliphatic carbocycles. The van der Waals surface area contributed by atoms with Crippen molar-refractivity contribution in [2.45, 2.75) is 37.1 Å². The summed E-state index contributed by atoms with van der Waals surface area (Å²) in [6.45, 7) is 3.56. The van der Waals surface area contributed by atoms with Crippen molar-refractivity contribution < 1.29 is 13.2 Å². The maximum Gasteiger partial charge on any atom is 0.256 e. The fraction of sp³-hybridized carbons (Fsp3) is 0.324. The summed E-state index contributed by atoms with van der Waals surface area (Å²) < 4.78 is 28.5. The number of pyridine rings is 1. The Bertz CT molecular complexity index is 1920. The van der Waals surface area contributed by atoms with E-state index in [1.54, 1.807) is 19.2 Å². The number of hydrogen-bond donors (Lipinski definition) is 1. The normalized spacial score (nSPS) is 17.1. The molecular weight excluding hydrogens is 572 g/mol. The first kappa shape index (κ1) is 28.5. The van der Waals surface area contributed by atoms with Gasteiger partial charge in [-0.2, -0.15) is 4.31 Å². The number of imidazole rings is 1. The Morgan fingerprint density at radius 3 is 2.34 bits per heavy atom. The summed E-state index contributed by atoms with van der Waals surface area (Å²) >= 11 is 0. The first-order valence-electron chi connectivity index (χ1n) is 15.2. The third-order valence-electron chi connectivity index (χ3n) is 9.57. The maximum atomic E-state index is 13.8. The Labute approximate surface area is 257 Å². The second-order valence-electron chi connectivity index (χ2n) is 12.1. The number of nitrogens with one attached hydrogen (secondary N) is 1. The molecule has 1 amide bonds. The van der Waals surface area contributed by atoms with Gasteiger partial charge in [-0.05, 0) is 66.8 Å². The highest BCUT2D eigenvalue weighted by molar-refractivity contribution is 7.89. The molecule has 0 saturated carbocycles. The molecule has 2 saturated heterocycles. The first-order chi connectivity index (χ1) is 21.3. The molecule has 7 rings (SSSR count). The molecule has 9 nitrogen and oxygen atoms in total. The molecule has 2 fully saturated rings. The van der Waals surface area contributed by atoms with E-state index in [0.717, 1.165) is 62.8 Å². The van der Waals surface area contributed by atoms with Crippen LogP contribution < -0.4 is 4.90 Å². The summed E-state index contributed by atoms with van der Waals surface area (Å²) in [5, 5.41) is 1.55. The quantitative estimate of drug-likeness (QED) is 0.275. The molecule has 226 valence electrons. The predicted octanol–water partition coefficient (Wildman–Crippen LogP) is 5.45. The molecule has 44 heavy (non-hydrogen) atoms. The summed E-state index contributed by atoms with van der Waals surface area (Å²) in [5.74, 6) is 0.472. The molecule has 2 aliphatic heterocycles. The molecule has 10 heteroatoms. The Kier molecular flexibility index (Phi) is 7.34. The highest BCUT2D eigenvalue weighted by atomic mass is 32.2. The number of piperidine rings is 2. The van der Waals surface area contributed by atoms with Gasteiger partial charge >= 0.3 is 0 Å². The number of para-hydroxylation sites is 1. The summed E-state index contributed by atoms with van der Waals surface area (Å²) in [4.78, 5) is 30.6. The van der Waals surface area contributed by atoms with Crippen LogP contribution in [0.1, 0.15) is 41.9 Å². The van der Waals surface area contributed by atoms with Crippen LogP contribution in [0.3, 0.4) is 0 Å². The van der Waals surface area contributed by atoms with Gasteiger partial charge in [0.2, 0.25) is 10.0 Å². The van der Waals surface area contributed by atoms with Crippen molar-refractivity contribution >= 4 is 43.4 Å². The van der Waals surface area contributed by atoms with E-state index in [0.29, 0.717) is 22.3 Å². The van der Waals surface area contributed by atoms with Crippen molar-refractivity contribution in [3.8, 4) is 0 Å². The van der Waals surface area contributed by atoms with Crippen LogP contribution >= 0.6 is 0 Å². The molecule has 1 spiro atoms. The molecule has 5 aromatic rings. The lowest BCUT2D eigenvalue weighted by atomic mass is 9.71. The minimum atomic E-state index is -3.79. The van der Waals surface area contributed by atoms with Crippen LogP contribution in [-0.2, 0) is 16.6 Å². The maximum absolute atomic E-state index is 13.8. The zero-order chi connectivity index (χ0) is 30.3. The van der Waals surface area contributed by atoms with Crippen molar-refractivity contribution in [3.63, 3.8) is 0 Å². The fourth-order valence-corrected chi connectivity index (χ4v) is 8.21. The molecule has 2 aromatic heterocycles. The largest absolute Gasteiger partial charge is 0.371 e. The number of aromatic amines is 1. The van der Waals surface area contributed by atoms with Gasteiger partial charge < -0.3 is 14.8 Å².